The fourth-order valence-corrected chi connectivity index (χ4v) is 3.26. The lowest BCUT2D eigenvalue weighted by Crippen LogP contribution is -2.52. The topological polar surface area (TPSA) is 43.9 Å². The Morgan fingerprint density at radius 3 is 2.11 bits per heavy atom. The second kappa shape index (κ2) is 7.88. The van der Waals surface area contributed by atoms with E-state index in [0.29, 0.717) is 32.7 Å². The average Bonchev–Trinajstić information content (AvgIpc) is 3.46. The molecule has 0 aromatic heterocycles. The van der Waals surface area contributed by atoms with Gasteiger partial charge in [-0.25, -0.2) is 0 Å². The molecule has 148 valence electrons. The largest absolute Gasteiger partial charge is 0.416 e. The molecule has 2 amide bonds. The summed E-state index contributed by atoms with van der Waals surface area (Å²) in [6.07, 6.45) is -2.39. The molecule has 1 aromatic carbocycles. The number of halogens is 3. The number of amides is 2. The zero-order chi connectivity index (χ0) is 19.6. The van der Waals surface area contributed by atoms with E-state index in [2.05, 4.69) is 0 Å². The van der Waals surface area contributed by atoms with Crippen molar-refractivity contribution >= 4 is 11.8 Å². The number of alkyl halides is 3. The first kappa shape index (κ1) is 19.7. The first-order valence-corrected chi connectivity index (χ1v) is 9.15. The lowest BCUT2D eigenvalue weighted by molar-refractivity contribution is -0.140. The van der Waals surface area contributed by atoms with Crippen LogP contribution in [-0.2, 0) is 22.3 Å². The molecule has 1 saturated carbocycles. The predicted molar refractivity (Wildman–Crippen MR) is 93.7 cm³/mol. The number of carbonyl (C=O) groups excluding carboxylic acids is 2. The Bertz CT molecular complexity index is 678. The van der Waals surface area contributed by atoms with Crippen LogP contribution in [0.4, 0.5) is 13.2 Å². The van der Waals surface area contributed by atoms with E-state index in [9.17, 15) is 22.8 Å². The molecule has 2 fully saturated rings. The highest BCUT2D eigenvalue weighted by Gasteiger charge is 2.35. The Labute approximate surface area is 156 Å². The summed E-state index contributed by atoms with van der Waals surface area (Å²) >= 11 is 0. The molecule has 1 aliphatic heterocycles. The van der Waals surface area contributed by atoms with Crippen molar-refractivity contribution in [1.82, 2.24) is 14.7 Å². The maximum absolute atomic E-state index is 12.6. The van der Waals surface area contributed by atoms with E-state index < -0.39 is 11.7 Å². The summed E-state index contributed by atoms with van der Waals surface area (Å²) in [6.45, 7) is 2.80. The smallest absolute Gasteiger partial charge is 0.339 e. The molecule has 0 spiro atoms. The van der Waals surface area contributed by atoms with E-state index in [1.165, 1.54) is 12.1 Å². The molecular formula is C19H24F3N3O2. The Kier molecular flexibility index (Phi) is 5.74. The SMILES string of the molecule is CN(CC(=O)N1CCN(C(=O)C2CC2)CC1)Cc1ccc(C(F)(F)F)cc1. The molecule has 1 heterocycles. The van der Waals surface area contributed by atoms with E-state index in [1.54, 1.807) is 16.8 Å². The van der Waals surface area contributed by atoms with Crippen LogP contribution < -0.4 is 0 Å². The fourth-order valence-electron chi connectivity index (χ4n) is 3.26. The third-order valence-corrected chi connectivity index (χ3v) is 5.01. The van der Waals surface area contributed by atoms with Gasteiger partial charge in [-0.1, -0.05) is 12.1 Å². The number of piperazine rings is 1. The van der Waals surface area contributed by atoms with Crippen LogP contribution in [0.15, 0.2) is 24.3 Å². The fraction of sp³-hybridized carbons (Fsp3) is 0.579. The van der Waals surface area contributed by atoms with Crippen molar-refractivity contribution in [3.63, 3.8) is 0 Å². The van der Waals surface area contributed by atoms with Crippen molar-refractivity contribution in [1.29, 1.82) is 0 Å². The number of hydrogen-bond donors (Lipinski definition) is 0. The molecular weight excluding hydrogens is 359 g/mol. The maximum Gasteiger partial charge on any atom is 0.416 e. The minimum absolute atomic E-state index is 0.0251. The standard InChI is InChI=1S/C19H24F3N3O2/c1-23(12-14-2-6-16(7-3-14)19(20,21)22)13-17(26)24-8-10-25(11-9-24)18(27)15-4-5-15/h2-3,6-7,15H,4-5,8-13H2,1H3. The molecule has 1 saturated heterocycles. The third-order valence-electron chi connectivity index (χ3n) is 5.01. The zero-order valence-electron chi connectivity index (χ0n) is 15.3. The Hall–Kier alpha value is -2.09. The maximum atomic E-state index is 12.6. The molecule has 0 unspecified atom stereocenters. The van der Waals surface area contributed by atoms with Gasteiger partial charge in [0.15, 0.2) is 0 Å². The lowest BCUT2D eigenvalue weighted by atomic mass is 10.1. The van der Waals surface area contributed by atoms with Crippen molar-refractivity contribution in [2.75, 3.05) is 39.8 Å². The quantitative estimate of drug-likeness (QED) is 0.783. The van der Waals surface area contributed by atoms with Gasteiger partial charge in [-0.3, -0.25) is 14.5 Å². The van der Waals surface area contributed by atoms with Crippen molar-refractivity contribution in [2.45, 2.75) is 25.6 Å². The van der Waals surface area contributed by atoms with Crippen molar-refractivity contribution < 1.29 is 22.8 Å². The zero-order valence-corrected chi connectivity index (χ0v) is 15.3. The Balaban J connectivity index is 1.44. The van der Waals surface area contributed by atoms with E-state index in [4.69, 9.17) is 0 Å². The molecule has 8 heteroatoms. The highest BCUT2D eigenvalue weighted by molar-refractivity contribution is 5.82. The number of hydrogen-bond acceptors (Lipinski definition) is 3. The van der Waals surface area contributed by atoms with Crippen LogP contribution in [0.1, 0.15) is 24.0 Å². The molecule has 5 nitrogen and oxygen atoms in total. The second-order valence-corrected chi connectivity index (χ2v) is 7.35. The summed E-state index contributed by atoms with van der Waals surface area (Å²) in [6, 6.07) is 4.99. The van der Waals surface area contributed by atoms with Crippen LogP contribution in [0, 0.1) is 5.92 Å². The summed E-state index contributed by atoms with van der Waals surface area (Å²) in [5, 5.41) is 0. The summed E-state index contributed by atoms with van der Waals surface area (Å²) in [5.41, 5.74) is 0.0433. The first-order chi connectivity index (χ1) is 12.7. The first-order valence-electron chi connectivity index (χ1n) is 9.15. The van der Waals surface area contributed by atoms with Gasteiger partial charge in [0, 0.05) is 38.6 Å². The molecule has 0 radical (unpaired) electrons. The molecule has 0 atom stereocenters. The summed E-state index contributed by atoms with van der Waals surface area (Å²) in [5.74, 6) is 0.381. The molecule has 3 rings (SSSR count). The van der Waals surface area contributed by atoms with Crippen molar-refractivity contribution in [2.24, 2.45) is 5.92 Å². The number of nitrogens with zero attached hydrogens (tertiary/aromatic N) is 3. The molecule has 0 N–H and O–H groups in total. The Morgan fingerprint density at radius 2 is 1.59 bits per heavy atom. The number of benzene rings is 1. The van der Waals surface area contributed by atoms with Crippen LogP contribution in [0.5, 0.6) is 0 Å². The van der Waals surface area contributed by atoms with Crippen LogP contribution in [0.25, 0.3) is 0 Å². The lowest BCUT2D eigenvalue weighted by Gasteiger charge is -2.35. The average molecular weight is 383 g/mol. The molecule has 27 heavy (non-hydrogen) atoms. The number of rotatable bonds is 5. The van der Waals surface area contributed by atoms with Gasteiger partial charge in [-0.05, 0) is 37.6 Å². The predicted octanol–water partition coefficient (Wildman–Crippen LogP) is 2.22. The summed E-state index contributed by atoms with van der Waals surface area (Å²) in [7, 11) is 1.77. The van der Waals surface area contributed by atoms with Crippen LogP contribution >= 0.6 is 0 Å². The van der Waals surface area contributed by atoms with E-state index in [1.807, 2.05) is 4.90 Å². The van der Waals surface area contributed by atoms with Crippen molar-refractivity contribution in [3.05, 3.63) is 35.4 Å². The molecule has 1 aliphatic carbocycles. The minimum atomic E-state index is -4.34. The second-order valence-electron chi connectivity index (χ2n) is 7.35. The van der Waals surface area contributed by atoms with Crippen LogP contribution in [0.3, 0.4) is 0 Å². The molecule has 2 aliphatic rings. The Morgan fingerprint density at radius 1 is 1.04 bits per heavy atom. The van der Waals surface area contributed by atoms with Gasteiger partial charge >= 0.3 is 6.18 Å². The minimum Gasteiger partial charge on any atom is -0.339 e. The van der Waals surface area contributed by atoms with E-state index in [-0.39, 0.29) is 24.3 Å². The van der Waals surface area contributed by atoms with Gasteiger partial charge in [0.1, 0.15) is 0 Å². The summed E-state index contributed by atoms with van der Waals surface area (Å²) in [4.78, 5) is 29.9. The third kappa shape index (κ3) is 5.22. The normalized spacial score (nSPS) is 18.1. The summed E-state index contributed by atoms with van der Waals surface area (Å²) < 4.78 is 37.8. The van der Waals surface area contributed by atoms with Gasteiger partial charge in [0.2, 0.25) is 11.8 Å². The molecule has 1 aromatic rings. The molecule has 0 bridgehead atoms. The van der Waals surface area contributed by atoms with Crippen molar-refractivity contribution in [3.8, 4) is 0 Å². The van der Waals surface area contributed by atoms with Crippen LogP contribution in [-0.4, -0.2) is 66.3 Å². The van der Waals surface area contributed by atoms with Gasteiger partial charge in [-0.15, -0.1) is 0 Å². The highest BCUT2D eigenvalue weighted by Crippen LogP contribution is 2.31. The van der Waals surface area contributed by atoms with Gasteiger partial charge in [0.25, 0.3) is 0 Å². The number of carbonyl (C=O) groups is 2. The van der Waals surface area contributed by atoms with Crippen LogP contribution in [0.2, 0.25) is 0 Å². The van der Waals surface area contributed by atoms with E-state index in [0.717, 1.165) is 30.5 Å². The van der Waals surface area contributed by atoms with Gasteiger partial charge < -0.3 is 9.80 Å². The number of likely N-dealkylation sites (N-methyl/N-ethyl adjacent to an activating group) is 1. The monoisotopic (exact) mass is 383 g/mol. The highest BCUT2D eigenvalue weighted by atomic mass is 19.4. The van der Waals surface area contributed by atoms with Gasteiger partial charge in [-0.2, -0.15) is 13.2 Å². The van der Waals surface area contributed by atoms with E-state index >= 15 is 0 Å². The van der Waals surface area contributed by atoms with Gasteiger partial charge in [0.05, 0.1) is 12.1 Å².